The van der Waals surface area contributed by atoms with Gasteiger partial charge in [0.05, 0.1) is 17.0 Å². The van der Waals surface area contributed by atoms with E-state index in [2.05, 4.69) is 10.6 Å². The smallest absolute Gasteiger partial charge is 0.315 e. The molecule has 1 heterocycles. The van der Waals surface area contributed by atoms with Crippen LogP contribution in [0.5, 0.6) is 5.75 Å². The molecule has 0 bridgehead atoms. The fourth-order valence-corrected chi connectivity index (χ4v) is 5.54. The molecule has 1 saturated heterocycles. The number of nitrogens with one attached hydrogen (secondary N) is 2. The fourth-order valence-electron chi connectivity index (χ4n) is 3.91. The van der Waals surface area contributed by atoms with Crippen molar-refractivity contribution in [2.24, 2.45) is 0 Å². The molecule has 3 rings (SSSR count). The van der Waals surface area contributed by atoms with E-state index in [0.29, 0.717) is 12.8 Å². The Morgan fingerprint density at radius 3 is 2.56 bits per heavy atom. The highest BCUT2D eigenvalue weighted by Crippen LogP contribution is 2.26. The fraction of sp³-hybridized carbons (Fsp3) is 0.650. The standard InChI is InChI=1S/C20H30N2O4S/c1-14-7-3-5-9-18(14)26-19-10-6-4-8-17(19)22-20(23)21-16-12-11-15(2)27(24,25)13-16/h3,5,7,9,15-17,19H,4,6,8,10-13H2,1-2H3,(H2,21,22,23). The average molecular weight is 395 g/mol. The lowest BCUT2D eigenvalue weighted by Gasteiger charge is -2.34. The van der Waals surface area contributed by atoms with Gasteiger partial charge in [-0.2, -0.15) is 0 Å². The SMILES string of the molecule is Cc1ccccc1OC1CCCCC1NC(=O)NC1CCC(C)S(=O)(=O)C1. The molecule has 0 radical (unpaired) electrons. The number of para-hydroxylation sites is 1. The molecule has 27 heavy (non-hydrogen) atoms. The van der Waals surface area contributed by atoms with E-state index in [9.17, 15) is 13.2 Å². The van der Waals surface area contributed by atoms with Crippen LogP contribution in [0.2, 0.25) is 0 Å². The number of ether oxygens (including phenoxy) is 1. The minimum atomic E-state index is -3.11. The number of sulfone groups is 1. The summed E-state index contributed by atoms with van der Waals surface area (Å²) in [5.41, 5.74) is 1.08. The molecule has 4 atom stereocenters. The molecular weight excluding hydrogens is 364 g/mol. The number of aryl methyl sites for hydroxylation is 1. The highest BCUT2D eigenvalue weighted by atomic mass is 32.2. The Bertz CT molecular complexity index is 765. The van der Waals surface area contributed by atoms with E-state index in [0.717, 1.165) is 37.0 Å². The Morgan fingerprint density at radius 2 is 1.81 bits per heavy atom. The van der Waals surface area contributed by atoms with Gasteiger partial charge in [-0.15, -0.1) is 0 Å². The highest BCUT2D eigenvalue weighted by molar-refractivity contribution is 7.92. The minimum Gasteiger partial charge on any atom is -0.488 e. The van der Waals surface area contributed by atoms with Crippen LogP contribution < -0.4 is 15.4 Å². The first-order valence-corrected chi connectivity index (χ1v) is 11.6. The largest absolute Gasteiger partial charge is 0.488 e. The Kier molecular flexibility index (Phi) is 6.29. The first-order valence-electron chi connectivity index (χ1n) is 9.86. The Morgan fingerprint density at radius 1 is 1.07 bits per heavy atom. The van der Waals surface area contributed by atoms with Crippen LogP contribution in [-0.4, -0.2) is 43.6 Å². The van der Waals surface area contributed by atoms with Gasteiger partial charge in [-0.1, -0.05) is 24.6 Å². The van der Waals surface area contributed by atoms with E-state index in [-0.39, 0.29) is 35.2 Å². The maximum atomic E-state index is 12.5. The first kappa shape index (κ1) is 20.0. The number of hydrogen-bond acceptors (Lipinski definition) is 4. The molecule has 4 unspecified atom stereocenters. The molecule has 1 aliphatic heterocycles. The van der Waals surface area contributed by atoms with Crippen molar-refractivity contribution in [3.05, 3.63) is 29.8 Å². The summed E-state index contributed by atoms with van der Waals surface area (Å²) in [6, 6.07) is 7.21. The lowest BCUT2D eigenvalue weighted by molar-refractivity contribution is 0.115. The predicted octanol–water partition coefficient (Wildman–Crippen LogP) is 2.95. The molecule has 1 aliphatic carbocycles. The summed E-state index contributed by atoms with van der Waals surface area (Å²) >= 11 is 0. The van der Waals surface area contributed by atoms with E-state index >= 15 is 0 Å². The highest BCUT2D eigenvalue weighted by Gasteiger charge is 2.33. The molecule has 2 aliphatic rings. The van der Waals surface area contributed by atoms with E-state index in [1.807, 2.05) is 31.2 Å². The van der Waals surface area contributed by atoms with Gasteiger partial charge in [0, 0.05) is 6.04 Å². The van der Waals surface area contributed by atoms with Gasteiger partial charge in [0.15, 0.2) is 9.84 Å². The van der Waals surface area contributed by atoms with E-state index in [1.54, 1.807) is 6.92 Å². The average Bonchev–Trinajstić information content (AvgIpc) is 2.61. The number of hydrogen-bond donors (Lipinski definition) is 2. The Hall–Kier alpha value is -1.76. The summed E-state index contributed by atoms with van der Waals surface area (Å²) in [6.45, 7) is 3.75. The van der Waals surface area contributed by atoms with Gasteiger partial charge in [-0.05, 0) is 57.6 Å². The quantitative estimate of drug-likeness (QED) is 0.822. The molecule has 0 aromatic heterocycles. The Balaban J connectivity index is 1.57. The van der Waals surface area contributed by atoms with Crippen molar-refractivity contribution in [1.29, 1.82) is 0 Å². The van der Waals surface area contributed by atoms with Gasteiger partial charge in [0.2, 0.25) is 0 Å². The molecule has 2 amide bonds. The lowest BCUT2D eigenvalue weighted by Crippen LogP contribution is -2.54. The van der Waals surface area contributed by atoms with Crippen molar-refractivity contribution in [3.63, 3.8) is 0 Å². The third kappa shape index (κ3) is 5.15. The van der Waals surface area contributed by atoms with Crippen molar-refractivity contribution in [1.82, 2.24) is 10.6 Å². The maximum Gasteiger partial charge on any atom is 0.315 e. The van der Waals surface area contributed by atoms with Crippen molar-refractivity contribution >= 4 is 15.9 Å². The van der Waals surface area contributed by atoms with Gasteiger partial charge in [-0.3, -0.25) is 0 Å². The molecular formula is C20H30N2O4S. The molecule has 1 aromatic carbocycles. The number of amides is 2. The van der Waals surface area contributed by atoms with Crippen molar-refractivity contribution in [2.45, 2.75) is 75.8 Å². The van der Waals surface area contributed by atoms with Gasteiger partial charge in [0.1, 0.15) is 11.9 Å². The zero-order chi connectivity index (χ0) is 19.4. The van der Waals surface area contributed by atoms with Crippen LogP contribution in [-0.2, 0) is 9.84 Å². The summed E-state index contributed by atoms with van der Waals surface area (Å²) < 4.78 is 30.3. The van der Waals surface area contributed by atoms with Gasteiger partial charge >= 0.3 is 6.03 Å². The number of carbonyl (C=O) groups excluding carboxylic acids is 1. The van der Waals surface area contributed by atoms with Gasteiger partial charge < -0.3 is 15.4 Å². The molecule has 6 nitrogen and oxygen atoms in total. The topological polar surface area (TPSA) is 84.5 Å². The molecule has 7 heteroatoms. The Labute approximate surface area is 162 Å². The normalized spacial score (nSPS) is 30.3. The zero-order valence-electron chi connectivity index (χ0n) is 16.1. The van der Waals surface area contributed by atoms with E-state index in [4.69, 9.17) is 4.74 Å². The van der Waals surface area contributed by atoms with Crippen LogP contribution >= 0.6 is 0 Å². The number of urea groups is 1. The van der Waals surface area contributed by atoms with Crippen LogP contribution in [0, 0.1) is 6.92 Å². The molecule has 2 fully saturated rings. The third-order valence-corrected chi connectivity index (χ3v) is 8.02. The van der Waals surface area contributed by atoms with Crippen molar-refractivity contribution < 1.29 is 17.9 Å². The third-order valence-electron chi connectivity index (χ3n) is 5.69. The molecule has 150 valence electrons. The van der Waals surface area contributed by atoms with Crippen molar-refractivity contribution in [2.75, 3.05) is 5.75 Å². The number of benzene rings is 1. The monoisotopic (exact) mass is 394 g/mol. The molecule has 1 aromatic rings. The molecule has 1 saturated carbocycles. The van der Waals surface area contributed by atoms with Crippen LogP contribution in [0.25, 0.3) is 0 Å². The molecule has 2 N–H and O–H groups in total. The second-order valence-electron chi connectivity index (χ2n) is 7.84. The van der Waals surface area contributed by atoms with Gasteiger partial charge in [-0.25, -0.2) is 13.2 Å². The molecule has 0 spiro atoms. The second-order valence-corrected chi connectivity index (χ2v) is 10.3. The van der Waals surface area contributed by atoms with Gasteiger partial charge in [0.25, 0.3) is 0 Å². The van der Waals surface area contributed by atoms with E-state index in [1.165, 1.54) is 0 Å². The summed E-state index contributed by atoms with van der Waals surface area (Å²) in [5, 5.41) is 5.56. The summed E-state index contributed by atoms with van der Waals surface area (Å²) in [5.74, 6) is 0.874. The summed E-state index contributed by atoms with van der Waals surface area (Å²) in [4.78, 5) is 12.5. The van der Waals surface area contributed by atoms with Crippen LogP contribution in [0.4, 0.5) is 4.79 Å². The lowest BCUT2D eigenvalue weighted by atomic mass is 9.92. The van der Waals surface area contributed by atoms with Crippen LogP contribution in [0.3, 0.4) is 0 Å². The van der Waals surface area contributed by atoms with Crippen LogP contribution in [0.15, 0.2) is 24.3 Å². The maximum absolute atomic E-state index is 12.5. The zero-order valence-corrected chi connectivity index (χ0v) is 16.9. The van der Waals surface area contributed by atoms with E-state index < -0.39 is 9.84 Å². The number of rotatable bonds is 4. The van der Waals surface area contributed by atoms with Crippen molar-refractivity contribution in [3.8, 4) is 5.75 Å². The summed E-state index contributed by atoms with van der Waals surface area (Å²) in [6.07, 6.45) is 5.11. The predicted molar refractivity (Wildman–Crippen MR) is 106 cm³/mol. The second kappa shape index (κ2) is 8.50. The summed E-state index contributed by atoms with van der Waals surface area (Å²) in [7, 11) is -3.11. The number of carbonyl (C=O) groups is 1. The van der Waals surface area contributed by atoms with Crippen LogP contribution in [0.1, 0.15) is 51.0 Å². The first-order chi connectivity index (χ1) is 12.8. The minimum absolute atomic E-state index is 0.0232.